The summed E-state index contributed by atoms with van der Waals surface area (Å²) in [6.45, 7) is 4.93. The fourth-order valence-electron chi connectivity index (χ4n) is 4.11. The van der Waals surface area contributed by atoms with E-state index in [0.717, 1.165) is 61.8 Å². The average Bonchev–Trinajstić information content (AvgIpc) is 3.01. The third kappa shape index (κ3) is 2.82. The Bertz CT molecular complexity index is 896. The number of rotatable bonds is 4. The van der Waals surface area contributed by atoms with Crippen LogP contribution in [-0.2, 0) is 6.54 Å². The molecular formula is C19H21N5O2. The van der Waals surface area contributed by atoms with Crippen molar-refractivity contribution in [3.63, 3.8) is 0 Å². The molecule has 0 radical (unpaired) electrons. The van der Waals surface area contributed by atoms with Gasteiger partial charge in [0.1, 0.15) is 0 Å². The maximum atomic E-state index is 5.57. The molecule has 5 rings (SSSR count). The predicted octanol–water partition coefficient (Wildman–Crippen LogP) is 3.20. The van der Waals surface area contributed by atoms with Crippen LogP contribution in [0.3, 0.4) is 0 Å². The Morgan fingerprint density at radius 2 is 2.12 bits per heavy atom. The monoisotopic (exact) mass is 351 g/mol. The molecule has 0 unspecified atom stereocenters. The van der Waals surface area contributed by atoms with Crippen LogP contribution in [-0.4, -0.2) is 38.3 Å². The summed E-state index contributed by atoms with van der Waals surface area (Å²) in [5.74, 6) is 2.76. The highest BCUT2D eigenvalue weighted by atomic mass is 16.5. The Morgan fingerprint density at radius 3 is 2.85 bits per heavy atom. The van der Waals surface area contributed by atoms with Crippen molar-refractivity contribution in [2.24, 2.45) is 5.41 Å². The van der Waals surface area contributed by atoms with Crippen molar-refractivity contribution < 1.29 is 9.05 Å². The molecule has 3 aromatic heterocycles. The largest absolute Gasteiger partial charge is 0.360 e. The summed E-state index contributed by atoms with van der Waals surface area (Å²) < 4.78 is 10.9. The van der Waals surface area contributed by atoms with Gasteiger partial charge in [0.25, 0.3) is 0 Å². The zero-order valence-corrected chi connectivity index (χ0v) is 14.8. The third-order valence-corrected chi connectivity index (χ3v) is 5.76. The van der Waals surface area contributed by atoms with E-state index in [1.54, 1.807) is 12.4 Å². The zero-order valence-electron chi connectivity index (χ0n) is 14.8. The van der Waals surface area contributed by atoms with E-state index in [2.05, 4.69) is 25.2 Å². The molecule has 4 heterocycles. The second-order valence-corrected chi connectivity index (χ2v) is 7.53. The second-order valence-electron chi connectivity index (χ2n) is 7.53. The van der Waals surface area contributed by atoms with Crippen LogP contribution < -0.4 is 0 Å². The van der Waals surface area contributed by atoms with Gasteiger partial charge in [-0.15, -0.1) is 0 Å². The van der Waals surface area contributed by atoms with Gasteiger partial charge in [0.2, 0.25) is 11.7 Å². The molecule has 134 valence electrons. The highest BCUT2D eigenvalue weighted by Gasteiger charge is 2.58. The van der Waals surface area contributed by atoms with Crippen LogP contribution in [0.5, 0.6) is 0 Å². The Morgan fingerprint density at radius 1 is 1.23 bits per heavy atom. The van der Waals surface area contributed by atoms with E-state index >= 15 is 0 Å². The van der Waals surface area contributed by atoms with E-state index in [1.807, 2.05) is 25.1 Å². The normalized spacial score (nSPS) is 22.0. The van der Waals surface area contributed by atoms with Gasteiger partial charge in [0.05, 0.1) is 12.2 Å². The molecule has 1 atom stereocenters. The number of aromatic nitrogens is 4. The highest BCUT2D eigenvalue weighted by Crippen LogP contribution is 2.64. The lowest BCUT2D eigenvalue weighted by molar-refractivity contribution is 0.146. The summed E-state index contributed by atoms with van der Waals surface area (Å²) in [5.41, 5.74) is 2.18. The number of nitrogens with zero attached hydrogens (tertiary/aromatic N) is 5. The van der Waals surface area contributed by atoms with Gasteiger partial charge in [-0.2, -0.15) is 4.98 Å². The van der Waals surface area contributed by atoms with Crippen molar-refractivity contribution in [3.8, 4) is 11.4 Å². The molecule has 2 fully saturated rings. The van der Waals surface area contributed by atoms with Gasteiger partial charge in [-0.25, -0.2) is 0 Å². The van der Waals surface area contributed by atoms with E-state index < -0.39 is 0 Å². The Kier molecular flexibility index (Phi) is 3.63. The van der Waals surface area contributed by atoms with Crippen molar-refractivity contribution in [2.75, 3.05) is 13.1 Å². The SMILES string of the molecule is Cc1cc(CN2CCC3(CC2)C[C@@H]3c2nc(-c3cccnc3)no2)on1. The Labute approximate surface area is 151 Å². The van der Waals surface area contributed by atoms with Crippen LogP contribution in [0.2, 0.25) is 0 Å². The van der Waals surface area contributed by atoms with Gasteiger partial charge < -0.3 is 9.05 Å². The first kappa shape index (κ1) is 15.7. The van der Waals surface area contributed by atoms with Gasteiger partial charge in [-0.3, -0.25) is 9.88 Å². The van der Waals surface area contributed by atoms with Gasteiger partial charge >= 0.3 is 0 Å². The summed E-state index contributed by atoms with van der Waals surface area (Å²) in [4.78, 5) is 11.2. The maximum Gasteiger partial charge on any atom is 0.230 e. The van der Waals surface area contributed by atoms with E-state index in [9.17, 15) is 0 Å². The summed E-state index contributed by atoms with van der Waals surface area (Å²) in [6, 6.07) is 5.85. The van der Waals surface area contributed by atoms with Gasteiger partial charge in [0.15, 0.2) is 5.76 Å². The van der Waals surface area contributed by atoms with E-state index in [4.69, 9.17) is 9.05 Å². The maximum absolute atomic E-state index is 5.57. The fraction of sp³-hybridized carbons (Fsp3) is 0.474. The second kappa shape index (κ2) is 6.02. The van der Waals surface area contributed by atoms with Crippen LogP contribution in [0.25, 0.3) is 11.4 Å². The van der Waals surface area contributed by atoms with Crippen molar-refractivity contribution in [1.82, 2.24) is 25.2 Å². The Hall–Kier alpha value is -2.54. The lowest BCUT2D eigenvalue weighted by Crippen LogP contribution is -2.34. The van der Waals surface area contributed by atoms with Crippen LogP contribution in [0, 0.1) is 12.3 Å². The summed E-state index contributed by atoms with van der Waals surface area (Å²) in [6.07, 6.45) is 6.98. The number of hydrogen-bond donors (Lipinski definition) is 0. The molecule has 7 nitrogen and oxygen atoms in total. The molecule has 7 heteroatoms. The first-order valence-electron chi connectivity index (χ1n) is 9.10. The quantitative estimate of drug-likeness (QED) is 0.714. The number of aryl methyl sites for hydroxylation is 1. The number of likely N-dealkylation sites (tertiary alicyclic amines) is 1. The van der Waals surface area contributed by atoms with Crippen molar-refractivity contribution in [3.05, 3.63) is 47.9 Å². The molecule has 1 spiro atoms. The van der Waals surface area contributed by atoms with Gasteiger partial charge in [-0.05, 0) is 56.8 Å². The topological polar surface area (TPSA) is 81.1 Å². The summed E-state index contributed by atoms with van der Waals surface area (Å²) >= 11 is 0. The fourth-order valence-corrected chi connectivity index (χ4v) is 4.11. The number of piperidine rings is 1. The van der Waals surface area contributed by atoms with E-state index in [0.29, 0.717) is 17.2 Å². The van der Waals surface area contributed by atoms with E-state index in [-0.39, 0.29) is 0 Å². The molecule has 1 aliphatic heterocycles. The van der Waals surface area contributed by atoms with Gasteiger partial charge in [-0.1, -0.05) is 10.3 Å². The lowest BCUT2D eigenvalue weighted by Gasteiger charge is -2.31. The molecule has 0 aromatic carbocycles. The minimum absolute atomic E-state index is 0.340. The van der Waals surface area contributed by atoms with Crippen LogP contribution in [0.1, 0.15) is 42.5 Å². The molecule has 1 saturated carbocycles. The Balaban J connectivity index is 1.22. The standard InChI is InChI=1S/C19H21N5O2/c1-13-9-15(25-22-13)12-24-7-4-19(5-8-24)10-16(19)18-21-17(23-26-18)14-3-2-6-20-11-14/h2-3,6,9,11,16H,4-5,7-8,10,12H2,1H3/t16-/m1/s1. The minimum Gasteiger partial charge on any atom is -0.360 e. The first-order valence-corrected chi connectivity index (χ1v) is 9.10. The molecular weight excluding hydrogens is 330 g/mol. The minimum atomic E-state index is 0.340. The molecule has 0 bridgehead atoms. The number of hydrogen-bond acceptors (Lipinski definition) is 7. The van der Waals surface area contributed by atoms with Crippen molar-refractivity contribution in [2.45, 2.75) is 38.6 Å². The van der Waals surface area contributed by atoms with Crippen LogP contribution >= 0.6 is 0 Å². The smallest absolute Gasteiger partial charge is 0.230 e. The molecule has 26 heavy (non-hydrogen) atoms. The highest BCUT2D eigenvalue weighted by molar-refractivity contribution is 5.52. The van der Waals surface area contributed by atoms with Crippen molar-refractivity contribution >= 4 is 0 Å². The third-order valence-electron chi connectivity index (χ3n) is 5.76. The van der Waals surface area contributed by atoms with E-state index in [1.165, 1.54) is 0 Å². The van der Waals surface area contributed by atoms with Crippen LogP contribution in [0.15, 0.2) is 39.6 Å². The molecule has 2 aliphatic rings. The summed E-state index contributed by atoms with van der Waals surface area (Å²) in [5, 5.41) is 8.11. The molecule has 0 amide bonds. The lowest BCUT2D eigenvalue weighted by atomic mass is 9.90. The molecule has 1 aliphatic carbocycles. The van der Waals surface area contributed by atoms with Crippen LogP contribution in [0.4, 0.5) is 0 Å². The average molecular weight is 351 g/mol. The first-order chi connectivity index (χ1) is 12.7. The summed E-state index contributed by atoms with van der Waals surface area (Å²) in [7, 11) is 0. The van der Waals surface area contributed by atoms with Crippen molar-refractivity contribution in [1.29, 1.82) is 0 Å². The predicted molar refractivity (Wildman–Crippen MR) is 93.1 cm³/mol. The molecule has 3 aromatic rings. The zero-order chi connectivity index (χ0) is 17.6. The molecule has 0 N–H and O–H groups in total. The number of pyridine rings is 1. The molecule has 1 saturated heterocycles. The van der Waals surface area contributed by atoms with Gasteiger partial charge in [0, 0.05) is 29.9 Å².